The Morgan fingerprint density at radius 1 is 0.0884 bits per heavy atom. The van der Waals surface area contributed by atoms with Crippen molar-refractivity contribution in [2.24, 2.45) is 0 Å². The van der Waals surface area contributed by atoms with Crippen molar-refractivity contribution in [2.75, 3.05) is 0 Å². The summed E-state index contributed by atoms with van der Waals surface area (Å²) >= 11 is 0. The lowest BCUT2D eigenvalue weighted by Gasteiger charge is -2.21. The molecule has 0 spiro atoms. The SMILES string of the molecule is c1cc(-c2ccc3oc4ccccc4c3c2)cc(-c2c3ccccc3c(-c3ccccc3-c3cccc4ccccc34)c3ccccc23)c1.c1ccc(-c2c3ccccc3c(-c3ccc(-c4ccc5oc6ccccc6c5c4)cc3)c3ccccc23)c(-c2cccc3ccccc23)c1.c1ccc(-c2c3ccccc3c(-c3ccccc3-c3cccc4ccccc34)c3ccccc23)c(-c2ccc3oc4ccccc4c3c2)c1. The standard InChI is InChI=1S/3C48H30O/c1-2-16-33-31(14-1)15-13-26-35(33)36-18-4-6-21-39(36)48-42-24-9-7-22-40(42)47(41-23-8-10-25-43(41)48)38-20-5-3-17-34(38)32-28-29-46-44(30-32)37-19-11-12-27-45(37)49-46;1-2-17-35-31(13-1)14-12-25-36(35)37-18-3-4-20-39(37)48-42-23-7-5-21-40(42)47(41-22-6-8-24-43(41)48)34-16-11-15-32(29-34)33-27-28-46-44(30-33)38-19-9-10-26-45(38)49-46;1-2-14-35-32(12-1)13-11-22-36(35)37-15-3-4-17-39(37)48-42-20-7-5-18-40(42)47(41-19-6-8-21-43(41)48)33-26-24-31(25-27-33)34-28-29-46-44(30-34)38-16-9-10-23-45(38)49-46/h3*1-30H. The second-order valence-electron chi connectivity index (χ2n) is 38.4. The molecule has 684 valence electrons. The van der Waals surface area contributed by atoms with Crippen LogP contribution >= 0.6 is 0 Å². The van der Waals surface area contributed by atoms with E-state index in [-0.39, 0.29) is 0 Å². The molecule has 0 aliphatic heterocycles. The molecule has 0 atom stereocenters. The third kappa shape index (κ3) is 14.7. The maximum absolute atomic E-state index is 6.19. The van der Waals surface area contributed by atoms with Crippen LogP contribution in [0, 0.1) is 0 Å². The Bertz CT molecular complexity index is 10400. The van der Waals surface area contributed by atoms with Gasteiger partial charge in [0, 0.05) is 32.3 Å². The van der Waals surface area contributed by atoms with E-state index in [2.05, 4.69) is 510 Å². The maximum atomic E-state index is 6.19. The van der Waals surface area contributed by atoms with Gasteiger partial charge in [-0.1, -0.05) is 485 Å². The van der Waals surface area contributed by atoms with Gasteiger partial charge in [0.2, 0.25) is 0 Å². The molecule has 0 unspecified atom stereocenters. The van der Waals surface area contributed by atoms with Gasteiger partial charge < -0.3 is 13.3 Å². The van der Waals surface area contributed by atoms with Gasteiger partial charge in [-0.15, -0.1) is 0 Å². The fourth-order valence-electron chi connectivity index (χ4n) is 23.7. The first-order valence-corrected chi connectivity index (χ1v) is 50.6. The molecule has 147 heavy (non-hydrogen) atoms. The van der Waals surface area contributed by atoms with E-state index in [9.17, 15) is 0 Å². The molecule has 0 radical (unpaired) electrons. The summed E-state index contributed by atoms with van der Waals surface area (Å²) in [6.07, 6.45) is 0. The number of hydrogen-bond donors (Lipinski definition) is 0. The Labute approximate surface area is 849 Å². The molecule has 30 aromatic rings. The average Bonchev–Trinajstić information content (AvgIpc) is 1.70. The second-order valence-corrected chi connectivity index (χ2v) is 38.4. The van der Waals surface area contributed by atoms with Crippen molar-refractivity contribution in [3.63, 3.8) is 0 Å². The third-order valence-electron chi connectivity index (χ3n) is 30.3. The number of benzene rings is 27. The van der Waals surface area contributed by atoms with Gasteiger partial charge in [-0.05, 0) is 291 Å². The first-order valence-electron chi connectivity index (χ1n) is 50.6. The molecule has 30 rings (SSSR count). The van der Waals surface area contributed by atoms with Crippen molar-refractivity contribution in [1.29, 1.82) is 0 Å². The van der Waals surface area contributed by atoms with Crippen molar-refractivity contribution in [2.45, 2.75) is 0 Å². The first kappa shape index (κ1) is 85.6. The molecule has 3 heterocycles. The van der Waals surface area contributed by atoms with Gasteiger partial charge in [-0.2, -0.15) is 0 Å². The fourth-order valence-corrected chi connectivity index (χ4v) is 23.7. The van der Waals surface area contributed by atoms with Crippen LogP contribution in [0.15, 0.2) is 559 Å². The lowest BCUT2D eigenvalue weighted by atomic mass is 9.82. The van der Waals surface area contributed by atoms with Crippen LogP contribution in [0.25, 0.3) is 296 Å². The molecular formula is C144H90O3. The van der Waals surface area contributed by atoms with Gasteiger partial charge in [0.05, 0.1) is 0 Å². The molecule has 3 heteroatoms. The van der Waals surface area contributed by atoms with E-state index >= 15 is 0 Å². The minimum Gasteiger partial charge on any atom is -0.456 e. The van der Waals surface area contributed by atoms with Crippen molar-refractivity contribution < 1.29 is 13.3 Å². The van der Waals surface area contributed by atoms with E-state index in [0.29, 0.717) is 0 Å². The zero-order valence-corrected chi connectivity index (χ0v) is 80.2. The van der Waals surface area contributed by atoms with E-state index in [4.69, 9.17) is 13.3 Å². The molecule has 3 aromatic heterocycles. The zero-order chi connectivity index (χ0) is 96.9. The van der Waals surface area contributed by atoms with Crippen LogP contribution in [0.4, 0.5) is 0 Å². The van der Waals surface area contributed by atoms with E-state index in [1.54, 1.807) is 0 Å². The molecule has 0 amide bonds. The summed E-state index contributed by atoms with van der Waals surface area (Å²) in [5.41, 5.74) is 35.0. The van der Waals surface area contributed by atoms with Crippen LogP contribution in [0.5, 0.6) is 0 Å². The largest absolute Gasteiger partial charge is 0.456 e. The highest BCUT2D eigenvalue weighted by molar-refractivity contribution is 6.28. The minimum absolute atomic E-state index is 0.910. The lowest BCUT2D eigenvalue weighted by Crippen LogP contribution is -1.94. The Hall–Kier alpha value is -19.3. The summed E-state index contributed by atoms with van der Waals surface area (Å²) in [6, 6.07) is 198. The summed E-state index contributed by atoms with van der Waals surface area (Å²) in [5.74, 6) is 0. The highest BCUT2D eigenvalue weighted by Gasteiger charge is 2.27. The molecule has 0 fully saturated rings. The van der Waals surface area contributed by atoms with Crippen molar-refractivity contribution in [1.82, 2.24) is 0 Å². The number of hydrogen-bond acceptors (Lipinski definition) is 3. The number of para-hydroxylation sites is 3. The Kier molecular flexibility index (Phi) is 21.0. The highest BCUT2D eigenvalue weighted by Crippen LogP contribution is 2.54. The summed E-state index contributed by atoms with van der Waals surface area (Å²) in [6.45, 7) is 0. The molecule has 0 aliphatic carbocycles. The maximum Gasteiger partial charge on any atom is 0.135 e. The van der Waals surface area contributed by atoms with Crippen LogP contribution < -0.4 is 0 Å². The van der Waals surface area contributed by atoms with Gasteiger partial charge in [0.1, 0.15) is 33.5 Å². The molecule has 0 saturated heterocycles. The van der Waals surface area contributed by atoms with Crippen LogP contribution in [0.3, 0.4) is 0 Å². The monoisotopic (exact) mass is 1870 g/mol. The third-order valence-corrected chi connectivity index (χ3v) is 30.3. The second kappa shape index (κ2) is 36.0. The fraction of sp³-hybridized carbons (Fsp3) is 0. The smallest absolute Gasteiger partial charge is 0.135 e. The molecule has 27 aromatic carbocycles. The molecule has 0 N–H and O–H groups in total. The van der Waals surface area contributed by atoms with Gasteiger partial charge in [-0.3, -0.25) is 0 Å². The topological polar surface area (TPSA) is 39.4 Å². The van der Waals surface area contributed by atoms with Crippen LogP contribution in [-0.2, 0) is 0 Å². The highest BCUT2D eigenvalue weighted by atomic mass is 16.3. The molecule has 0 bridgehead atoms. The Morgan fingerprint density at radius 2 is 0.286 bits per heavy atom. The number of furan rings is 3. The summed E-state index contributed by atoms with van der Waals surface area (Å²) in [5, 5.41) is 29.4. The summed E-state index contributed by atoms with van der Waals surface area (Å²) in [4.78, 5) is 0. The van der Waals surface area contributed by atoms with Crippen LogP contribution in [0.2, 0.25) is 0 Å². The zero-order valence-electron chi connectivity index (χ0n) is 80.2. The molecule has 0 saturated carbocycles. The number of rotatable bonds is 12. The minimum atomic E-state index is 0.910. The Morgan fingerprint density at radius 3 is 0.626 bits per heavy atom. The van der Waals surface area contributed by atoms with Crippen LogP contribution in [-0.4, -0.2) is 0 Å². The summed E-state index contributed by atoms with van der Waals surface area (Å²) < 4.78 is 18.4. The van der Waals surface area contributed by atoms with E-state index < -0.39 is 0 Å². The van der Waals surface area contributed by atoms with Crippen molar-refractivity contribution >= 4 is 163 Å². The van der Waals surface area contributed by atoms with Crippen molar-refractivity contribution in [3.8, 4) is 134 Å². The molecular weight excluding hydrogens is 1780 g/mol. The predicted octanol–water partition coefficient (Wildman–Crippen LogP) is 41.1. The average molecular weight is 1870 g/mol. The van der Waals surface area contributed by atoms with Crippen molar-refractivity contribution in [3.05, 3.63) is 546 Å². The van der Waals surface area contributed by atoms with E-state index in [0.717, 1.165) is 65.8 Å². The van der Waals surface area contributed by atoms with Gasteiger partial charge >= 0.3 is 0 Å². The Balaban J connectivity index is 0.000000107. The van der Waals surface area contributed by atoms with Gasteiger partial charge in [0.15, 0.2) is 0 Å². The first-order chi connectivity index (χ1) is 73.0. The lowest BCUT2D eigenvalue weighted by molar-refractivity contribution is 0.668. The summed E-state index contributed by atoms with van der Waals surface area (Å²) in [7, 11) is 0. The van der Waals surface area contributed by atoms with Gasteiger partial charge in [0.25, 0.3) is 0 Å². The quantitative estimate of drug-likeness (QED) is 0.114. The van der Waals surface area contributed by atoms with Gasteiger partial charge in [-0.25, -0.2) is 0 Å². The number of fused-ring (bicyclic) bond motifs is 18. The van der Waals surface area contributed by atoms with Crippen LogP contribution in [0.1, 0.15) is 0 Å². The van der Waals surface area contributed by atoms with E-state index in [1.807, 2.05) is 36.4 Å². The molecule has 3 nitrogen and oxygen atoms in total. The predicted molar refractivity (Wildman–Crippen MR) is 624 cm³/mol. The normalized spacial score (nSPS) is 11.7. The molecule has 0 aliphatic rings. The van der Waals surface area contributed by atoms with E-state index in [1.165, 1.54) is 230 Å².